The summed E-state index contributed by atoms with van der Waals surface area (Å²) in [7, 11) is 0. The molecule has 0 aromatic heterocycles. The van der Waals surface area contributed by atoms with Gasteiger partial charge in [-0.15, -0.1) is 0 Å². The van der Waals surface area contributed by atoms with Gasteiger partial charge in [0.05, 0.1) is 0 Å². The van der Waals surface area contributed by atoms with Crippen molar-refractivity contribution in [3.05, 3.63) is 0 Å². The first-order valence-electron chi connectivity index (χ1n) is 29.0. The summed E-state index contributed by atoms with van der Waals surface area (Å²) >= 11 is -8.22. The van der Waals surface area contributed by atoms with Crippen molar-refractivity contribution in [1.29, 1.82) is 0 Å². The Kier molecular flexibility index (Phi) is 49.3. The van der Waals surface area contributed by atoms with Gasteiger partial charge in [-0.05, 0) is 0 Å². The standard InChI is InChI=1S/2C12H24O2.4C8H17.O.2Sn/c2*1-2-3-4-5-6-7-8-9-10-11-12(13)14;4*1-3-5-7-8-6-4-2;;;/h2*2-11H2,1H3,(H,13,14);4*1,3-8H2,2H3;;;/q;;;;;;;2*+1/p-2. The molecule has 376 valence electrons. The van der Waals surface area contributed by atoms with Crippen molar-refractivity contribution in [2.24, 2.45) is 0 Å². The molecule has 0 N–H and O–H groups in total. The van der Waals surface area contributed by atoms with E-state index in [-0.39, 0.29) is 11.9 Å². The number of unbranched alkanes of at least 4 members (excludes halogenated alkanes) is 36. The molecule has 0 heterocycles. The number of rotatable bonds is 52. The fraction of sp³-hybridized carbons (Fsp3) is 0.964. The third kappa shape index (κ3) is 41.2. The Morgan fingerprint density at radius 2 is 0.429 bits per heavy atom. The number of carbonyl (C=O) groups is 2. The Bertz CT molecular complexity index is 854. The summed E-state index contributed by atoms with van der Waals surface area (Å²) in [6, 6.07) is 0. The van der Waals surface area contributed by atoms with Crippen LogP contribution >= 0.6 is 0 Å². The third-order valence-electron chi connectivity index (χ3n) is 13.6. The van der Waals surface area contributed by atoms with Crippen molar-refractivity contribution >= 4 is 50.3 Å². The van der Waals surface area contributed by atoms with E-state index < -0.39 is 38.4 Å². The van der Waals surface area contributed by atoms with Crippen LogP contribution in [0.5, 0.6) is 0 Å². The molecular formula is C56H114O5Sn2. The van der Waals surface area contributed by atoms with Gasteiger partial charge in [0.25, 0.3) is 0 Å². The van der Waals surface area contributed by atoms with Crippen molar-refractivity contribution in [3.63, 3.8) is 0 Å². The average Bonchev–Trinajstić information content (AvgIpc) is 3.27. The molecule has 0 radical (unpaired) electrons. The molecule has 0 amide bonds. The van der Waals surface area contributed by atoms with Crippen LogP contribution in [0.1, 0.15) is 324 Å². The van der Waals surface area contributed by atoms with Gasteiger partial charge in [0.15, 0.2) is 0 Å². The smallest absolute Gasteiger partial charge is 0.0654 e. The van der Waals surface area contributed by atoms with E-state index in [0.717, 1.165) is 69.1 Å². The minimum Gasteiger partial charge on any atom is -0.0654 e. The van der Waals surface area contributed by atoms with Crippen LogP contribution in [-0.2, 0) is 17.1 Å². The van der Waals surface area contributed by atoms with Crippen LogP contribution in [0.15, 0.2) is 0 Å². The van der Waals surface area contributed by atoms with E-state index in [2.05, 4.69) is 41.5 Å². The molecule has 0 unspecified atom stereocenters. The fourth-order valence-corrected chi connectivity index (χ4v) is 49.7. The van der Waals surface area contributed by atoms with Crippen LogP contribution in [0, 0.1) is 0 Å². The quantitative estimate of drug-likeness (QED) is 0.0449. The molecule has 0 saturated carbocycles. The van der Waals surface area contributed by atoms with Crippen LogP contribution in [-0.4, -0.2) is 50.3 Å². The topological polar surface area (TPSA) is 61.8 Å². The first-order valence-corrected chi connectivity index (χ1v) is 41.7. The Hall–Kier alpha value is 0.497. The van der Waals surface area contributed by atoms with Crippen LogP contribution in [0.2, 0.25) is 17.7 Å². The van der Waals surface area contributed by atoms with E-state index >= 15 is 0 Å². The second-order valence-electron chi connectivity index (χ2n) is 20.1. The molecule has 0 saturated heterocycles. The van der Waals surface area contributed by atoms with Crippen molar-refractivity contribution in [2.75, 3.05) is 0 Å². The van der Waals surface area contributed by atoms with E-state index in [1.807, 2.05) is 0 Å². The zero-order chi connectivity index (χ0) is 46.2. The number of carbonyl (C=O) groups excluding carboxylic acids is 2. The van der Waals surface area contributed by atoms with Gasteiger partial charge in [-0.2, -0.15) is 0 Å². The van der Waals surface area contributed by atoms with Crippen LogP contribution in [0.4, 0.5) is 0 Å². The molecule has 0 aromatic carbocycles. The molecule has 0 fully saturated rings. The van der Waals surface area contributed by atoms with Gasteiger partial charge >= 0.3 is 395 Å². The van der Waals surface area contributed by atoms with Crippen molar-refractivity contribution in [1.82, 2.24) is 0 Å². The summed E-state index contributed by atoms with van der Waals surface area (Å²) in [5.74, 6) is 0.0112. The zero-order valence-corrected chi connectivity index (χ0v) is 49.7. The monoisotopic (exact) mass is 1110 g/mol. The Balaban J connectivity index is 6.59. The molecule has 0 aliphatic carbocycles. The van der Waals surface area contributed by atoms with E-state index in [9.17, 15) is 9.59 Å². The Labute approximate surface area is 406 Å². The van der Waals surface area contributed by atoms with E-state index in [4.69, 9.17) is 7.56 Å². The molecule has 0 aliphatic heterocycles. The minimum atomic E-state index is -4.11. The number of hydrogen-bond donors (Lipinski definition) is 0. The average molecular weight is 1100 g/mol. The zero-order valence-electron chi connectivity index (χ0n) is 44.0. The van der Waals surface area contributed by atoms with E-state index in [0.29, 0.717) is 12.8 Å². The maximum atomic E-state index is 14.2. The van der Waals surface area contributed by atoms with E-state index in [1.165, 1.54) is 218 Å². The van der Waals surface area contributed by atoms with Gasteiger partial charge in [0, 0.05) is 0 Å². The molecule has 0 atom stereocenters. The van der Waals surface area contributed by atoms with Gasteiger partial charge in [-0.3, -0.25) is 0 Å². The number of hydrogen-bond acceptors (Lipinski definition) is 5. The van der Waals surface area contributed by atoms with Gasteiger partial charge in [-0.1, -0.05) is 13.8 Å². The molecule has 0 bridgehead atoms. The Morgan fingerprint density at radius 1 is 0.254 bits per heavy atom. The summed E-state index contributed by atoms with van der Waals surface area (Å²) in [6.07, 6.45) is 52.7. The molecular weight excluding hydrogens is 990 g/mol. The molecule has 0 rings (SSSR count). The van der Waals surface area contributed by atoms with Gasteiger partial charge in [0.1, 0.15) is 0 Å². The molecule has 7 heteroatoms. The van der Waals surface area contributed by atoms with Gasteiger partial charge in [-0.25, -0.2) is 0 Å². The van der Waals surface area contributed by atoms with E-state index in [1.54, 1.807) is 0 Å². The normalized spacial score (nSPS) is 12.0. The minimum absolute atomic E-state index is 0.00560. The summed E-state index contributed by atoms with van der Waals surface area (Å²) in [5.41, 5.74) is 0. The Morgan fingerprint density at radius 3 is 0.635 bits per heavy atom. The van der Waals surface area contributed by atoms with Crippen molar-refractivity contribution in [2.45, 2.75) is 342 Å². The van der Waals surface area contributed by atoms with Crippen molar-refractivity contribution in [3.8, 4) is 0 Å². The first-order chi connectivity index (χ1) is 30.9. The van der Waals surface area contributed by atoms with Gasteiger partial charge in [0.2, 0.25) is 0 Å². The second kappa shape index (κ2) is 48.9. The van der Waals surface area contributed by atoms with Crippen LogP contribution in [0.25, 0.3) is 0 Å². The molecule has 5 nitrogen and oxygen atoms in total. The summed E-state index contributed by atoms with van der Waals surface area (Å²) < 4.78 is 26.0. The maximum absolute atomic E-state index is 14.2. The SMILES string of the molecule is CCCCCCCCCCCC(=O)[O][Sn]([CH2]CCCCCCC)([CH2]CCCCCCC)[O][Sn]([CH2]CCCCCCC)([CH2]CCCCCCC)[O]C(=O)CCCCCCCCCCC. The predicted octanol–water partition coefficient (Wildman–Crippen LogP) is 20.3. The molecule has 0 aliphatic rings. The second-order valence-corrected chi connectivity index (χ2v) is 41.9. The van der Waals surface area contributed by atoms with Gasteiger partial charge < -0.3 is 0 Å². The summed E-state index contributed by atoms with van der Waals surface area (Å²) in [4.78, 5) is 28.4. The fourth-order valence-electron chi connectivity index (χ4n) is 9.41. The molecule has 0 aromatic rings. The summed E-state index contributed by atoms with van der Waals surface area (Å²) in [5, 5.41) is 0. The van der Waals surface area contributed by atoms with Crippen LogP contribution < -0.4 is 0 Å². The molecule has 0 spiro atoms. The first kappa shape index (κ1) is 63.5. The third-order valence-corrected chi connectivity index (χ3v) is 46.1. The van der Waals surface area contributed by atoms with Crippen LogP contribution in [0.3, 0.4) is 0 Å². The predicted molar refractivity (Wildman–Crippen MR) is 281 cm³/mol. The van der Waals surface area contributed by atoms with Crippen molar-refractivity contribution < 1.29 is 17.1 Å². The molecule has 63 heavy (non-hydrogen) atoms. The summed E-state index contributed by atoms with van der Waals surface area (Å²) in [6.45, 7) is 13.7.